The third-order valence-corrected chi connectivity index (χ3v) is 3.89. The highest BCUT2D eigenvalue weighted by Gasteiger charge is 2.10. The summed E-state index contributed by atoms with van der Waals surface area (Å²) < 4.78 is 0. The molecule has 0 radical (unpaired) electrons. The molecule has 0 atom stereocenters. The molecule has 0 saturated carbocycles. The van der Waals surface area contributed by atoms with E-state index in [9.17, 15) is 4.79 Å². The summed E-state index contributed by atoms with van der Waals surface area (Å²) in [5.74, 6) is 0.189. The fraction of sp³-hybridized carbons (Fsp3) is 0.0526. The first-order valence-corrected chi connectivity index (χ1v) is 8.04. The number of aromatic amines is 1. The van der Waals surface area contributed by atoms with E-state index >= 15 is 0 Å². The molecule has 0 aliphatic rings. The molecule has 7 heteroatoms. The molecule has 0 saturated heterocycles. The molecule has 1 heterocycles. The van der Waals surface area contributed by atoms with Crippen LogP contribution in [0.3, 0.4) is 0 Å². The molecule has 0 bridgehead atoms. The number of carbonyl (C=O) groups excluding carboxylic acids is 1. The van der Waals surface area contributed by atoms with Crippen LogP contribution in [0.15, 0.2) is 60.7 Å². The Kier molecular flexibility index (Phi) is 6.97. The van der Waals surface area contributed by atoms with Crippen LogP contribution >= 0.6 is 24.0 Å². The van der Waals surface area contributed by atoms with Gasteiger partial charge in [-0.15, -0.1) is 12.4 Å². The number of rotatable bonds is 5. The van der Waals surface area contributed by atoms with Gasteiger partial charge in [0.05, 0.1) is 0 Å². The van der Waals surface area contributed by atoms with Crippen molar-refractivity contribution in [3.63, 3.8) is 0 Å². The molecule has 3 N–H and O–H groups in total. The first kappa shape index (κ1) is 19.7. The van der Waals surface area contributed by atoms with Crippen molar-refractivity contribution in [2.24, 2.45) is 0 Å². The number of amides is 1. The summed E-state index contributed by atoms with van der Waals surface area (Å²) in [6.45, 7) is 0. The SMILES string of the molecule is Cl.O=C(/C=C/c1cccc(Cc2nc(-c3ccccc3)c(Cl)[nH]2)c1)NO. The van der Waals surface area contributed by atoms with E-state index < -0.39 is 5.91 Å². The normalized spacial score (nSPS) is 10.5. The predicted octanol–water partition coefficient (Wildman–Crippen LogP) is 4.26. The van der Waals surface area contributed by atoms with Gasteiger partial charge in [-0.25, -0.2) is 10.5 Å². The summed E-state index contributed by atoms with van der Waals surface area (Å²) in [5, 5.41) is 9.02. The number of H-pyrrole nitrogens is 1. The minimum absolute atomic E-state index is 0. The van der Waals surface area contributed by atoms with E-state index in [4.69, 9.17) is 16.8 Å². The standard InChI is InChI=1S/C19H16ClN3O2.ClH/c20-19-18(15-7-2-1-3-8-15)21-16(22-19)12-14-6-4-5-13(11-14)9-10-17(24)23-25;/h1-11,25H,12H2,(H,21,22)(H,23,24);1H/b10-9+;. The van der Waals surface area contributed by atoms with Crippen molar-refractivity contribution in [1.82, 2.24) is 15.4 Å². The number of nitrogens with one attached hydrogen (secondary N) is 2. The van der Waals surface area contributed by atoms with Crippen molar-refractivity contribution < 1.29 is 10.0 Å². The van der Waals surface area contributed by atoms with Gasteiger partial charge in [0.2, 0.25) is 0 Å². The molecule has 134 valence electrons. The molecular formula is C19H17Cl2N3O2. The van der Waals surface area contributed by atoms with E-state index in [0.29, 0.717) is 11.6 Å². The fourth-order valence-electron chi connectivity index (χ4n) is 2.48. The number of halogens is 2. The molecule has 0 aliphatic heterocycles. The van der Waals surface area contributed by atoms with E-state index in [1.54, 1.807) is 11.6 Å². The third-order valence-electron chi connectivity index (χ3n) is 3.62. The summed E-state index contributed by atoms with van der Waals surface area (Å²) in [5.41, 5.74) is 5.12. The lowest BCUT2D eigenvalue weighted by molar-refractivity contribution is -0.124. The van der Waals surface area contributed by atoms with Crippen LogP contribution in [0.1, 0.15) is 17.0 Å². The van der Waals surface area contributed by atoms with E-state index in [0.717, 1.165) is 28.2 Å². The number of nitrogens with zero attached hydrogens (tertiary/aromatic N) is 1. The van der Waals surface area contributed by atoms with Gasteiger partial charge in [0.25, 0.3) is 5.91 Å². The molecule has 0 spiro atoms. The highest BCUT2D eigenvalue weighted by molar-refractivity contribution is 6.31. The van der Waals surface area contributed by atoms with Crippen molar-refractivity contribution in [3.8, 4) is 11.3 Å². The maximum Gasteiger partial charge on any atom is 0.267 e. The van der Waals surface area contributed by atoms with Crippen LogP contribution in [0, 0.1) is 0 Å². The number of aromatic nitrogens is 2. The first-order valence-electron chi connectivity index (χ1n) is 7.66. The second-order valence-corrected chi connectivity index (χ2v) is 5.82. The topological polar surface area (TPSA) is 78.0 Å². The number of imidazole rings is 1. The first-order chi connectivity index (χ1) is 12.2. The molecule has 5 nitrogen and oxygen atoms in total. The van der Waals surface area contributed by atoms with Gasteiger partial charge in [-0.05, 0) is 17.2 Å². The summed E-state index contributed by atoms with van der Waals surface area (Å²) in [7, 11) is 0. The number of hydroxylamine groups is 1. The van der Waals surface area contributed by atoms with Crippen molar-refractivity contribution in [3.05, 3.63) is 82.8 Å². The smallest absolute Gasteiger partial charge is 0.267 e. The average Bonchev–Trinajstić information content (AvgIpc) is 3.01. The Morgan fingerprint density at radius 1 is 1.19 bits per heavy atom. The van der Waals surface area contributed by atoms with Gasteiger partial charge in [0.1, 0.15) is 16.7 Å². The highest BCUT2D eigenvalue weighted by Crippen LogP contribution is 2.26. The molecule has 0 fully saturated rings. The zero-order chi connectivity index (χ0) is 17.6. The summed E-state index contributed by atoms with van der Waals surface area (Å²) in [6.07, 6.45) is 3.47. The number of hydrogen-bond acceptors (Lipinski definition) is 3. The average molecular weight is 390 g/mol. The van der Waals surface area contributed by atoms with Crippen molar-refractivity contribution in [2.45, 2.75) is 6.42 Å². The monoisotopic (exact) mass is 389 g/mol. The van der Waals surface area contributed by atoms with Crippen molar-refractivity contribution in [1.29, 1.82) is 0 Å². The highest BCUT2D eigenvalue weighted by atomic mass is 35.5. The maximum atomic E-state index is 11.1. The van der Waals surface area contributed by atoms with Gasteiger partial charge in [-0.2, -0.15) is 0 Å². The van der Waals surface area contributed by atoms with Crippen LogP contribution in [0.2, 0.25) is 5.15 Å². The van der Waals surface area contributed by atoms with Gasteiger partial charge in [0.15, 0.2) is 0 Å². The Labute approximate surface area is 162 Å². The zero-order valence-electron chi connectivity index (χ0n) is 13.6. The molecule has 1 amide bonds. The Balaban J connectivity index is 0.00000243. The Morgan fingerprint density at radius 3 is 2.69 bits per heavy atom. The summed E-state index contributed by atoms with van der Waals surface area (Å²) >= 11 is 6.28. The van der Waals surface area contributed by atoms with Crippen LogP contribution in [0.5, 0.6) is 0 Å². The molecule has 2 aromatic carbocycles. The van der Waals surface area contributed by atoms with Crippen molar-refractivity contribution >= 4 is 36.0 Å². The number of carbonyl (C=O) groups is 1. The van der Waals surface area contributed by atoms with E-state index in [1.165, 1.54) is 6.08 Å². The molecule has 0 unspecified atom stereocenters. The Morgan fingerprint density at radius 2 is 1.96 bits per heavy atom. The Hall–Kier alpha value is -2.60. The fourth-order valence-corrected chi connectivity index (χ4v) is 2.74. The lowest BCUT2D eigenvalue weighted by Gasteiger charge is -2.01. The molecule has 0 aliphatic carbocycles. The van der Waals surface area contributed by atoms with Gasteiger partial charge in [-0.1, -0.05) is 66.2 Å². The van der Waals surface area contributed by atoms with Gasteiger partial charge in [0, 0.05) is 18.1 Å². The predicted molar refractivity (Wildman–Crippen MR) is 104 cm³/mol. The van der Waals surface area contributed by atoms with Gasteiger partial charge < -0.3 is 4.98 Å². The minimum Gasteiger partial charge on any atom is -0.332 e. The van der Waals surface area contributed by atoms with Crippen LogP contribution in [0.4, 0.5) is 0 Å². The minimum atomic E-state index is -0.573. The second kappa shape index (κ2) is 9.20. The summed E-state index contributed by atoms with van der Waals surface area (Å²) in [4.78, 5) is 18.8. The molecular weight excluding hydrogens is 373 g/mol. The van der Waals surface area contributed by atoms with Crippen LogP contribution in [-0.4, -0.2) is 21.1 Å². The summed E-state index contributed by atoms with van der Waals surface area (Å²) in [6, 6.07) is 17.4. The maximum absolute atomic E-state index is 11.1. The Bertz CT molecular complexity index is 908. The quantitative estimate of drug-likeness (QED) is 0.346. The van der Waals surface area contributed by atoms with Gasteiger partial charge in [-0.3, -0.25) is 10.0 Å². The van der Waals surface area contributed by atoms with E-state index in [1.807, 2.05) is 54.6 Å². The molecule has 3 rings (SSSR count). The molecule has 3 aromatic rings. The molecule has 1 aromatic heterocycles. The van der Waals surface area contributed by atoms with Gasteiger partial charge >= 0.3 is 0 Å². The lowest BCUT2D eigenvalue weighted by Crippen LogP contribution is -2.14. The van der Waals surface area contributed by atoms with Crippen LogP contribution in [-0.2, 0) is 11.2 Å². The van der Waals surface area contributed by atoms with Crippen molar-refractivity contribution in [2.75, 3.05) is 0 Å². The van der Waals surface area contributed by atoms with Crippen LogP contribution < -0.4 is 5.48 Å². The zero-order valence-corrected chi connectivity index (χ0v) is 15.2. The number of hydrogen-bond donors (Lipinski definition) is 3. The number of benzene rings is 2. The largest absolute Gasteiger partial charge is 0.332 e. The molecule has 26 heavy (non-hydrogen) atoms. The van der Waals surface area contributed by atoms with Crippen LogP contribution in [0.25, 0.3) is 17.3 Å². The van der Waals surface area contributed by atoms with E-state index in [2.05, 4.69) is 9.97 Å². The van der Waals surface area contributed by atoms with E-state index in [-0.39, 0.29) is 12.4 Å². The lowest BCUT2D eigenvalue weighted by atomic mass is 10.1. The third kappa shape index (κ3) is 4.95. The second-order valence-electron chi connectivity index (χ2n) is 5.44.